The summed E-state index contributed by atoms with van der Waals surface area (Å²) >= 11 is 0. The van der Waals surface area contributed by atoms with Crippen molar-refractivity contribution in [2.24, 2.45) is 45.3 Å². The van der Waals surface area contributed by atoms with Crippen LogP contribution in [0.15, 0.2) is 11.6 Å². The average molecular weight is 489 g/mol. The SMILES string of the molecule is CC(C)(O)[C@H]1O[C@H](O)[C@H]([C@@H]2CC[C@]3(C)C4=CC[C@H]5C(C)(C)[C@H](O)CC[C@]5(C)[C@H]4CC[C@@]23C)CC1=O. The highest BCUT2D eigenvalue weighted by Gasteiger charge is 2.66. The zero-order valence-electron chi connectivity index (χ0n) is 22.9. The molecule has 5 aliphatic rings. The molecule has 0 aromatic rings. The molecule has 4 fully saturated rings. The summed E-state index contributed by atoms with van der Waals surface area (Å²) in [5.41, 5.74) is 0.500. The van der Waals surface area contributed by atoms with Gasteiger partial charge in [0.2, 0.25) is 0 Å². The fourth-order valence-electron chi connectivity index (χ4n) is 10.1. The van der Waals surface area contributed by atoms with Crippen molar-refractivity contribution in [1.29, 1.82) is 0 Å². The molecule has 3 N–H and O–H groups in total. The van der Waals surface area contributed by atoms with Crippen LogP contribution in [0.4, 0.5) is 0 Å². The molecule has 5 rings (SSSR count). The number of hydrogen-bond donors (Lipinski definition) is 3. The number of Topliss-reactive ketones (excluding diaryl/α,β-unsaturated/α-hetero) is 1. The summed E-state index contributed by atoms with van der Waals surface area (Å²) in [6.45, 7) is 15.0. The molecule has 10 atom stereocenters. The van der Waals surface area contributed by atoms with Crippen LogP contribution in [0.25, 0.3) is 0 Å². The molecule has 5 nitrogen and oxygen atoms in total. The van der Waals surface area contributed by atoms with Gasteiger partial charge in [-0.25, -0.2) is 0 Å². The maximum atomic E-state index is 13.0. The minimum atomic E-state index is -1.30. The van der Waals surface area contributed by atoms with E-state index >= 15 is 0 Å². The molecule has 3 saturated carbocycles. The molecule has 1 heterocycles. The number of carbonyl (C=O) groups is 1. The second kappa shape index (κ2) is 7.88. The number of aliphatic hydroxyl groups excluding tert-OH is 2. The Morgan fingerprint density at radius 3 is 2.34 bits per heavy atom. The molecule has 0 amide bonds. The number of hydrogen-bond acceptors (Lipinski definition) is 5. The highest BCUT2D eigenvalue weighted by atomic mass is 16.6. The van der Waals surface area contributed by atoms with Crippen LogP contribution in [0.2, 0.25) is 0 Å². The van der Waals surface area contributed by atoms with Crippen molar-refractivity contribution in [2.45, 2.75) is 124 Å². The van der Waals surface area contributed by atoms with Gasteiger partial charge in [0, 0.05) is 12.3 Å². The maximum Gasteiger partial charge on any atom is 0.165 e. The second-order valence-electron chi connectivity index (χ2n) is 14.7. The number of allylic oxidation sites excluding steroid dienone is 2. The molecular formula is C30H48O5. The van der Waals surface area contributed by atoms with E-state index in [9.17, 15) is 20.1 Å². The van der Waals surface area contributed by atoms with Gasteiger partial charge < -0.3 is 20.1 Å². The van der Waals surface area contributed by atoms with Gasteiger partial charge in [0.05, 0.1) is 11.7 Å². The quantitative estimate of drug-likeness (QED) is 0.475. The third kappa shape index (κ3) is 3.43. The molecule has 5 heteroatoms. The second-order valence-corrected chi connectivity index (χ2v) is 14.7. The molecular weight excluding hydrogens is 440 g/mol. The molecule has 35 heavy (non-hydrogen) atoms. The van der Waals surface area contributed by atoms with Gasteiger partial charge in [0.1, 0.15) is 6.10 Å². The van der Waals surface area contributed by atoms with E-state index in [2.05, 4.69) is 40.7 Å². The summed E-state index contributed by atoms with van der Waals surface area (Å²) in [5, 5.41) is 32.3. The zero-order chi connectivity index (χ0) is 25.8. The van der Waals surface area contributed by atoms with Crippen LogP contribution < -0.4 is 0 Å². The average Bonchev–Trinajstić information content (AvgIpc) is 3.03. The van der Waals surface area contributed by atoms with Gasteiger partial charge in [0.25, 0.3) is 0 Å². The van der Waals surface area contributed by atoms with Gasteiger partial charge in [0.15, 0.2) is 12.1 Å². The normalized spacial score (nSPS) is 51.8. The topological polar surface area (TPSA) is 87.0 Å². The smallest absolute Gasteiger partial charge is 0.165 e. The van der Waals surface area contributed by atoms with E-state index in [1.165, 1.54) is 0 Å². The van der Waals surface area contributed by atoms with E-state index in [-0.39, 0.29) is 51.8 Å². The van der Waals surface area contributed by atoms with E-state index in [1.54, 1.807) is 19.4 Å². The summed E-state index contributed by atoms with van der Waals surface area (Å²) in [5.74, 6) is 0.932. The van der Waals surface area contributed by atoms with Crippen molar-refractivity contribution in [2.75, 3.05) is 0 Å². The van der Waals surface area contributed by atoms with Crippen LogP contribution in [0.1, 0.15) is 99.8 Å². The Morgan fingerprint density at radius 1 is 1.00 bits per heavy atom. The number of carbonyl (C=O) groups excluding carboxylic acids is 1. The molecule has 4 aliphatic carbocycles. The Morgan fingerprint density at radius 2 is 1.69 bits per heavy atom. The Labute approximate surface area is 211 Å². The summed E-state index contributed by atoms with van der Waals surface area (Å²) in [4.78, 5) is 13.0. The lowest BCUT2D eigenvalue weighted by Crippen LogP contribution is -2.59. The summed E-state index contributed by atoms with van der Waals surface area (Å²) in [6, 6.07) is 0. The largest absolute Gasteiger partial charge is 0.393 e. The molecule has 1 saturated heterocycles. The lowest BCUT2D eigenvalue weighted by Gasteiger charge is -2.64. The minimum absolute atomic E-state index is 0.000908. The Bertz CT molecular complexity index is 916. The first-order valence-corrected chi connectivity index (χ1v) is 14.0. The lowest BCUT2D eigenvalue weighted by molar-refractivity contribution is -0.238. The summed E-state index contributed by atoms with van der Waals surface area (Å²) in [7, 11) is 0. The van der Waals surface area contributed by atoms with Crippen molar-refractivity contribution in [1.82, 2.24) is 0 Å². The van der Waals surface area contributed by atoms with Crippen LogP contribution in [0.5, 0.6) is 0 Å². The highest BCUT2D eigenvalue weighted by molar-refractivity contribution is 5.85. The Balaban J connectivity index is 1.45. The highest BCUT2D eigenvalue weighted by Crippen LogP contribution is 2.73. The summed E-state index contributed by atoms with van der Waals surface area (Å²) < 4.78 is 5.79. The number of rotatable bonds is 2. The van der Waals surface area contributed by atoms with Gasteiger partial charge in [-0.05, 0) is 98.2 Å². The van der Waals surface area contributed by atoms with Gasteiger partial charge in [-0.15, -0.1) is 0 Å². The van der Waals surface area contributed by atoms with Crippen LogP contribution in [-0.4, -0.2) is 45.2 Å². The fourth-order valence-corrected chi connectivity index (χ4v) is 10.1. The molecule has 0 unspecified atom stereocenters. The first-order valence-electron chi connectivity index (χ1n) is 14.0. The van der Waals surface area contributed by atoms with Crippen molar-refractivity contribution in [3.63, 3.8) is 0 Å². The van der Waals surface area contributed by atoms with Crippen LogP contribution >= 0.6 is 0 Å². The van der Waals surface area contributed by atoms with Crippen molar-refractivity contribution >= 4 is 5.78 Å². The number of ether oxygens (including phenoxy) is 1. The van der Waals surface area contributed by atoms with E-state index in [0.717, 1.165) is 44.9 Å². The van der Waals surface area contributed by atoms with E-state index in [1.807, 2.05) is 0 Å². The van der Waals surface area contributed by atoms with E-state index < -0.39 is 18.0 Å². The Kier molecular flexibility index (Phi) is 5.83. The monoisotopic (exact) mass is 488 g/mol. The van der Waals surface area contributed by atoms with E-state index in [0.29, 0.717) is 11.8 Å². The van der Waals surface area contributed by atoms with Gasteiger partial charge in [-0.2, -0.15) is 0 Å². The van der Waals surface area contributed by atoms with E-state index in [4.69, 9.17) is 4.74 Å². The molecule has 0 spiro atoms. The first-order chi connectivity index (χ1) is 16.1. The molecule has 0 bridgehead atoms. The number of ketones is 1. The Hall–Kier alpha value is -0.750. The predicted octanol–water partition coefficient (Wildman–Crippen LogP) is 5.02. The first kappa shape index (κ1) is 25.9. The third-order valence-corrected chi connectivity index (χ3v) is 12.4. The van der Waals surface area contributed by atoms with Crippen molar-refractivity contribution in [3.8, 4) is 0 Å². The fraction of sp³-hybridized carbons (Fsp3) is 0.900. The summed E-state index contributed by atoms with van der Waals surface area (Å²) in [6.07, 6.45) is 7.91. The third-order valence-electron chi connectivity index (χ3n) is 12.4. The van der Waals surface area contributed by atoms with Crippen molar-refractivity contribution in [3.05, 3.63) is 11.6 Å². The maximum absolute atomic E-state index is 13.0. The number of aliphatic hydroxyl groups is 3. The van der Waals surface area contributed by atoms with Gasteiger partial charge in [-0.1, -0.05) is 46.3 Å². The zero-order valence-corrected chi connectivity index (χ0v) is 22.9. The molecule has 0 aromatic carbocycles. The number of fused-ring (bicyclic) bond motifs is 5. The van der Waals surface area contributed by atoms with Gasteiger partial charge in [-0.3, -0.25) is 4.79 Å². The lowest BCUT2D eigenvalue weighted by atomic mass is 9.41. The minimum Gasteiger partial charge on any atom is -0.393 e. The molecule has 0 aromatic heterocycles. The van der Waals surface area contributed by atoms with Gasteiger partial charge >= 0.3 is 0 Å². The van der Waals surface area contributed by atoms with Crippen LogP contribution in [0.3, 0.4) is 0 Å². The molecule has 1 aliphatic heterocycles. The van der Waals surface area contributed by atoms with Crippen LogP contribution in [0, 0.1) is 45.3 Å². The van der Waals surface area contributed by atoms with Crippen LogP contribution in [-0.2, 0) is 9.53 Å². The molecule has 0 radical (unpaired) electrons. The standard InChI is InChI=1S/C30H48O5/c1-26(2)22-9-8-20-19(28(22,5)13-12-23(26)32)11-15-29(6)18(10-14-30(20,29)7)17-16-21(31)24(27(3,4)34)35-25(17)33/h8,17-19,22-25,32-34H,9-16H2,1-7H3/t17-,18-,19-,22-,23+,24-,25-,28+,29-,30+/m0/s1. The van der Waals surface area contributed by atoms with Crippen molar-refractivity contribution < 1.29 is 24.9 Å². The molecule has 198 valence electrons. The predicted molar refractivity (Wildman–Crippen MR) is 135 cm³/mol.